The second kappa shape index (κ2) is 19.4. The number of fused-ring (bicyclic) bond motifs is 4. The summed E-state index contributed by atoms with van der Waals surface area (Å²) in [6, 6.07) is 56.4. The van der Waals surface area contributed by atoms with Crippen LogP contribution < -0.4 is 5.19 Å². The number of hydrogen-bond acceptors (Lipinski definition) is 2. The first-order valence-corrected chi connectivity index (χ1v) is 26.6. The van der Waals surface area contributed by atoms with Crippen molar-refractivity contribution in [2.45, 2.75) is 97.7 Å². The predicted octanol–water partition coefficient (Wildman–Crippen LogP) is 15.1. The summed E-state index contributed by atoms with van der Waals surface area (Å²) in [7, 11) is -1.36. The Labute approximate surface area is 395 Å². The van der Waals surface area contributed by atoms with Gasteiger partial charge in [0.1, 0.15) is 0 Å². The molecular weight excluding hydrogens is 973 g/mol. The predicted molar refractivity (Wildman–Crippen MR) is 270 cm³/mol. The van der Waals surface area contributed by atoms with Crippen LogP contribution in [0.3, 0.4) is 0 Å². The molecule has 0 unspecified atom stereocenters. The van der Waals surface area contributed by atoms with E-state index >= 15 is 0 Å². The molecule has 6 aromatic carbocycles. The minimum Gasteiger partial charge on any atom is -0.351 e. The third-order valence-corrected chi connectivity index (χ3v) is 15.1. The Morgan fingerprint density at radius 2 is 1.31 bits per heavy atom. The molecule has 3 heterocycles. The Morgan fingerprint density at radius 3 is 2.00 bits per heavy atom. The molecule has 0 bridgehead atoms. The van der Waals surface area contributed by atoms with Crippen LogP contribution >= 0.6 is 0 Å². The Kier molecular flexibility index (Phi) is 13.7. The van der Waals surface area contributed by atoms with Gasteiger partial charge in [0.2, 0.25) is 0 Å². The molecule has 0 aliphatic heterocycles. The van der Waals surface area contributed by atoms with Gasteiger partial charge in [-0.25, -0.2) is 0 Å². The zero-order valence-electron chi connectivity index (χ0n) is 38.5. The first-order chi connectivity index (χ1) is 30.6. The molecule has 1 aliphatic carbocycles. The SMILES string of the molecule is CC(C)c1cccc(C(C)C)c1-n1c(-c2[c-]cc3c(c2)c2ccccc2n3-c2ccccc2)nc2ccccc21.C[Si](C)(C)c1cnc(-c2[c-]cccc2)cc1CC1CCCCC1.[Ir]. The zero-order chi connectivity index (χ0) is 43.7. The normalized spacial score (nSPS) is 13.4. The van der Waals surface area contributed by atoms with Gasteiger partial charge in [0.05, 0.1) is 24.9 Å². The van der Waals surface area contributed by atoms with Crippen molar-refractivity contribution in [3.63, 3.8) is 0 Å². The Bertz CT molecular complexity index is 2980. The number of pyridine rings is 1. The number of rotatable bonds is 9. The molecule has 9 aromatic rings. The quantitative estimate of drug-likeness (QED) is 0.107. The molecule has 1 radical (unpaired) electrons. The second-order valence-electron chi connectivity index (χ2n) is 19.1. The topological polar surface area (TPSA) is 35.6 Å². The molecule has 1 fully saturated rings. The fraction of sp³-hybridized carbons (Fsp3) is 0.276. The van der Waals surface area contributed by atoms with E-state index in [9.17, 15) is 0 Å². The Morgan fingerprint density at radius 1 is 0.641 bits per heavy atom. The van der Waals surface area contributed by atoms with Gasteiger partial charge >= 0.3 is 0 Å². The van der Waals surface area contributed by atoms with Crippen LogP contribution in [0.2, 0.25) is 19.6 Å². The van der Waals surface area contributed by atoms with E-state index in [0.717, 1.165) is 50.8 Å². The molecule has 0 atom stereocenters. The number of benzene rings is 6. The van der Waals surface area contributed by atoms with E-state index in [1.807, 2.05) is 12.1 Å². The van der Waals surface area contributed by atoms with Gasteiger partial charge in [-0.05, 0) is 87.4 Å². The van der Waals surface area contributed by atoms with E-state index in [1.54, 1.807) is 10.8 Å². The van der Waals surface area contributed by atoms with Crippen LogP contribution in [-0.4, -0.2) is 27.2 Å². The summed E-state index contributed by atoms with van der Waals surface area (Å²) in [5.41, 5.74) is 14.2. The van der Waals surface area contributed by atoms with Crippen molar-refractivity contribution in [1.82, 2.24) is 19.1 Å². The van der Waals surface area contributed by atoms with E-state index in [-0.39, 0.29) is 20.1 Å². The van der Waals surface area contributed by atoms with Crippen LogP contribution in [-0.2, 0) is 26.5 Å². The summed E-state index contributed by atoms with van der Waals surface area (Å²) < 4.78 is 4.72. The summed E-state index contributed by atoms with van der Waals surface area (Å²) in [6.07, 6.45) is 10.5. The van der Waals surface area contributed by atoms with Gasteiger partial charge in [0, 0.05) is 43.2 Å². The van der Waals surface area contributed by atoms with Gasteiger partial charge in [0.15, 0.2) is 0 Å². The van der Waals surface area contributed by atoms with Crippen molar-refractivity contribution in [1.29, 1.82) is 0 Å². The van der Waals surface area contributed by atoms with Crippen molar-refractivity contribution in [2.75, 3.05) is 0 Å². The van der Waals surface area contributed by atoms with E-state index in [1.165, 1.54) is 71.6 Å². The standard InChI is InChI=1S/C37H32N3.C21H28NSi.Ir/c1-24(2)28-16-12-17-29(25(3)4)36(28)40-35-20-11-9-18-32(35)38-37(40)26-21-22-34-31(23-26)30-15-8-10-19-33(30)39(34)27-13-6-5-7-14-27;1-23(2,3)21-16-22-20(18-12-8-5-9-13-18)15-19(21)14-17-10-6-4-7-11-17;/h5-20,22-25H,1-4H3;5,8-9,12,15-17H,4,6-7,10-11,14H2,1-3H3;/q2*-1;. The summed E-state index contributed by atoms with van der Waals surface area (Å²) >= 11 is 0. The smallest absolute Gasteiger partial charge is 0.0798 e. The maximum atomic E-state index is 5.24. The van der Waals surface area contributed by atoms with Crippen LogP contribution in [0.1, 0.15) is 88.3 Å². The molecule has 0 amide bonds. The molecule has 6 heteroatoms. The monoisotopic (exact) mass is 1030 g/mol. The first-order valence-electron chi connectivity index (χ1n) is 23.1. The van der Waals surface area contributed by atoms with Crippen LogP contribution in [0.5, 0.6) is 0 Å². The Balaban J connectivity index is 0.000000199. The summed E-state index contributed by atoms with van der Waals surface area (Å²) in [5, 5.41) is 3.97. The van der Waals surface area contributed by atoms with Gasteiger partial charge in [-0.1, -0.05) is 163 Å². The van der Waals surface area contributed by atoms with Crippen LogP contribution in [0, 0.1) is 18.1 Å². The van der Waals surface area contributed by atoms with Crippen LogP contribution in [0.25, 0.3) is 66.9 Å². The molecule has 10 rings (SSSR count). The van der Waals surface area contributed by atoms with E-state index in [4.69, 9.17) is 9.97 Å². The number of nitrogens with zero attached hydrogens (tertiary/aromatic N) is 4. The second-order valence-corrected chi connectivity index (χ2v) is 24.2. The molecule has 64 heavy (non-hydrogen) atoms. The zero-order valence-corrected chi connectivity index (χ0v) is 41.8. The van der Waals surface area contributed by atoms with Crippen LogP contribution in [0.4, 0.5) is 0 Å². The maximum absolute atomic E-state index is 5.24. The van der Waals surface area contributed by atoms with Gasteiger partial charge < -0.3 is 14.1 Å². The first kappa shape index (κ1) is 45.2. The minimum absolute atomic E-state index is 0. The molecule has 0 spiro atoms. The average molecular weight is 1030 g/mol. The fourth-order valence-corrected chi connectivity index (χ4v) is 11.4. The molecular formula is C58H60IrN4Si-2. The minimum atomic E-state index is -1.36. The number of imidazole rings is 1. The molecule has 0 saturated heterocycles. The van der Waals surface area contributed by atoms with E-state index < -0.39 is 8.07 Å². The largest absolute Gasteiger partial charge is 0.351 e. The number of hydrogen-bond donors (Lipinski definition) is 0. The molecule has 4 nitrogen and oxygen atoms in total. The molecule has 0 N–H and O–H groups in total. The van der Waals surface area contributed by atoms with Crippen LogP contribution in [0.15, 0.2) is 146 Å². The summed E-state index contributed by atoms with van der Waals surface area (Å²) in [6.45, 7) is 16.4. The van der Waals surface area contributed by atoms with Crippen molar-refractivity contribution in [2.24, 2.45) is 5.92 Å². The van der Waals surface area contributed by atoms with Crippen molar-refractivity contribution < 1.29 is 20.1 Å². The molecule has 327 valence electrons. The van der Waals surface area contributed by atoms with Gasteiger partial charge in [-0.2, -0.15) is 0 Å². The van der Waals surface area contributed by atoms with Gasteiger partial charge in [-0.15, -0.1) is 59.7 Å². The van der Waals surface area contributed by atoms with E-state index in [2.05, 4.69) is 202 Å². The van der Waals surface area contributed by atoms with E-state index in [0.29, 0.717) is 11.8 Å². The maximum Gasteiger partial charge on any atom is 0.0798 e. The van der Waals surface area contributed by atoms with Gasteiger partial charge in [-0.3, -0.25) is 4.98 Å². The Hall–Kier alpha value is -5.39. The molecule has 1 aliphatic rings. The number of para-hydroxylation sites is 5. The molecule has 3 aromatic heterocycles. The third kappa shape index (κ3) is 9.11. The van der Waals surface area contributed by atoms with Crippen molar-refractivity contribution in [3.8, 4) is 34.0 Å². The molecule has 1 saturated carbocycles. The third-order valence-electron chi connectivity index (χ3n) is 13.0. The van der Waals surface area contributed by atoms with Crippen molar-refractivity contribution >= 4 is 46.1 Å². The van der Waals surface area contributed by atoms with Crippen molar-refractivity contribution in [3.05, 3.63) is 175 Å². The average Bonchev–Trinajstić information content (AvgIpc) is 3.85. The summed E-state index contributed by atoms with van der Waals surface area (Å²) in [4.78, 5) is 10.0. The summed E-state index contributed by atoms with van der Waals surface area (Å²) in [5.74, 6) is 2.54. The van der Waals surface area contributed by atoms with Gasteiger partial charge in [0.25, 0.3) is 0 Å². The number of aromatic nitrogens is 4. The fourth-order valence-electron chi connectivity index (χ4n) is 9.84.